The number of benzene rings is 1. The summed E-state index contributed by atoms with van der Waals surface area (Å²) in [5.41, 5.74) is 0.810. The first-order chi connectivity index (χ1) is 19.2. The minimum atomic E-state index is -1.03. The summed E-state index contributed by atoms with van der Waals surface area (Å²) in [6.07, 6.45) is 0.154. The highest BCUT2D eigenvalue weighted by molar-refractivity contribution is 6.38. The summed E-state index contributed by atoms with van der Waals surface area (Å²) < 4.78 is 5.30. The number of hydrogen-bond donors (Lipinski definition) is 4. The van der Waals surface area contributed by atoms with Gasteiger partial charge in [-0.25, -0.2) is 4.79 Å². The zero-order valence-corrected chi connectivity index (χ0v) is 25.9. The van der Waals surface area contributed by atoms with Gasteiger partial charge in [0, 0.05) is 6.54 Å². The predicted molar refractivity (Wildman–Crippen MR) is 159 cm³/mol. The van der Waals surface area contributed by atoms with Crippen molar-refractivity contribution in [3.63, 3.8) is 0 Å². The van der Waals surface area contributed by atoms with E-state index in [4.69, 9.17) is 4.74 Å². The molecule has 0 fully saturated rings. The van der Waals surface area contributed by atoms with E-state index in [0.29, 0.717) is 19.4 Å². The molecule has 0 heterocycles. The van der Waals surface area contributed by atoms with Gasteiger partial charge < -0.3 is 26.0 Å². The molecule has 1 aromatic rings. The Morgan fingerprint density at radius 1 is 0.634 bits per heavy atom. The van der Waals surface area contributed by atoms with Crippen LogP contribution in [0.5, 0.6) is 0 Å². The largest absolute Gasteiger partial charge is 0.445 e. The van der Waals surface area contributed by atoms with E-state index in [1.807, 2.05) is 85.7 Å². The van der Waals surface area contributed by atoms with Gasteiger partial charge in [0.15, 0.2) is 0 Å². The van der Waals surface area contributed by atoms with Gasteiger partial charge in [0.25, 0.3) is 5.91 Å². The molecule has 10 nitrogen and oxygen atoms in total. The Kier molecular flexibility index (Phi) is 15.7. The van der Waals surface area contributed by atoms with Gasteiger partial charge >= 0.3 is 6.09 Å². The van der Waals surface area contributed by atoms with Crippen molar-refractivity contribution < 1.29 is 28.7 Å². The molecule has 0 aliphatic rings. The Hall–Kier alpha value is -3.43. The lowest BCUT2D eigenvalue weighted by Crippen LogP contribution is -2.57. The van der Waals surface area contributed by atoms with Gasteiger partial charge in [-0.3, -0.25) is 19.2 Å². The minimum Gasteiger partial charge on any atom is -0.445 e. The van der Waals surface area contributed by atoms with E-state index in [2.05, 4.69) is 21.3 Å². The molecule has 0 saturated heterocycles. The Bertz CT molecular complexity index is 994. The van der Waals surface area contributed by atoms with Gasteiger partial charge in [-0.2, -0.15) is 0 Å². The second-order valence-corrected chi connectivity index (χ2v) is 12.2. The van der Waals surface area contributed by atoms with E-state index in [9.17, 15) is 24.0 Å². The number of Topliss-reactive ketones (excluding diaryl/α,β-unsaturated/α-hetero) is 1. The SMILES string of the molecule is CC(C)CNC(=O)C(=O)[C@H](CC(C)C)NC(=O)[C@H](CC(C)C)NC(=O)[C@H](CC(C)C)NC(=O)OCc1ccccc1. The fourth-order valence-electron chi connectivity index (χ4n) is 4.10. The molecule has 0 aromatic heterocycles. The van der Waals surface area contributed by atoms with Gasteiger partial charge in [0.2, 0.25) is 17.6 Å². The Balaban J connectivity index is 3.00. The van der Waals surface area contributed by atoms with Gasteiger partial charge in [-0.15, -0.1) is 0 Å². The van der Waals surface area contributed by atoms with Crippen molar-refractivity contribution in [1.82, 2.24) is 21.3 Å². The molecule has 1 aromatic carbocycles. The smallest absolute Gasteiger partial charge is 0.408 e. The van der Waals surface area contributed by atoms with Crippen molar-refractivity contribution >= 4 is 29.6 Å². The highest BCUT2D eigenvalue weighted by Gasteiger charge is 2.32. The van der Waals surface area contributed by atoms with Crippen LogP contribution >= 0.6 is 0 Å². The molecule has 0 bridgehead atoms. The van der Waals surface area contributed by atoms with Crippen LogP contribution in [0.15, 0.2) is 30.3 Å². The molecule has 10 heteroatoms. The van der Waals surface area contributed by atoms with Crippen molar-refractivity contribution in [3.05, 3.63) is 35.9 Å². The Morgan fingerprint density at radius 2 is 1.10 bits per heavy atom. The standard InChI is InChI=1S/C31H50N4O6/c1-19(2)14-24(27(36)30(39)32-17-22(7)8)33-28(37)25(15-20(3)4)34-29(38)26(16-21(5)6)35-31(40)41-18-23-12-10-9-11-13-23/h9-13,19-22,24-26H,14-18H2,1-8H3,(H,32,39)(H,33,37)(H,34,38)(H,35,40)/t24-,25-,26-/m0/s1. The van der Waals surface area contributed by atoms with Crippen LogP contribution in [0.3, 0.4) is 0 Å². The maximum absolute atomic E-state index is 13.4. The van der Waals surface area contributed by atoms with Crippen LogP contribution in [0, 0.1) is 23.7 Å². The molecule has 1 rings (SSSR count). The highest BCUT2D eigenvalue weighted by atomic mass is 16.5. The van der Waals surface area contributed by atoms with E-state index >= 15 is 0 Å². The molecule has 230 valence electrons. The van der Waals surface area contributed by atoms with Crippen molar-refractivity contribution in [2.24, 2.45) is 23.7 Å². The number of rotatable bonds is 17. The lowest BCUT2D eigenvalue weighted by Gasteiger charge is -2.27. The summed E-state index contributed by atoms with van der Waals surface area (Å²) in [5.74, 6) is -2.26. The molecular formula is C31H50N4O6. The molecule has 0 saturated carbocycles. The molecular weight excluding hydrogens is 524 g/mol. The van der Waals surface area contributed by atoms with Crippen molar-refractivity contribution in [3.8, 4) is 0 Å². The van der Waals surface area contributed by atoms with Gasteiger partial charge in [-0.05, 0) is 48.5 Å². The van der Waals surface area contributed by atoms with E-state index in [1.54, 1.807) is 0 Å². The average molecular weight is 575 g/mol. The molecule has 0 spiro atoms. The normalized spacial score (nSPS) is 13.5. The number of ketones is 1. The van der Waals surface area contributed by atoms with Crippen molar-refractivity contribution in [2.45, 2.75) is 99.4 Å². The first kappa shape index (κ1) is 35.6. The lowest BCUT2D eigenvalue weighted by molar-refractivity contribution is -0.140. The summed E-state index contributed by atoms with van der Waals surface area (Å²) in [6, 6.07) is 6.25. The number of ether oxygens (including phenoxy) is 1. The number of hydrogen-bond acceptors (Lipinski definition) is 6. The monoisotopic (exact) mass is 574 g/mol. The predicted octanol–water partition coefficient (Wildman–Crippen LogP) is 3.73. The molecule has 4 N–H and O–H groups in total. The molecule has 0 radical (unpaired) electrons. The van der Waals surface area contributed by atoms with Gasteiger partial charge in [0.1, 0.15) is 18.7 Å². The molecule has 0 aliphatic heterocycles. The number of nitrogens with one attached hydrogen (secondary N) is 4. The Labute approximate surface area is 245 Å². The number of carbonyl (C=O) groups is 5. The third-order valence-electron chi connectivity index (χ3n) is 6.10. The van der Waals surface area contributed by atoms with Crippen LogP contribution in [-0.4, -0.2) is 54.3 Å². The van der Waals surface area contributed by atoms with Crippen LogP contribution in [-0.2, 0) is 30.5 Å². The average Bonchev–Trinajstić information content (AvgIpc) is 2.88. The quantitative estimate of drug-likeness (QED) is 0.209. The highest BCUT2D eigenvalue weighted by Crippen LogP contribution is 2.12. The lowest BCUT2D eigenvalue weighted by atomic mass is 9.97. The molecule has 41 heavy (non-hydrogen) atoms. The zero-order chi connectivity index (χ0) is 31.1. The summed E-state index contributed by atoms with van der Waals surface area (Å²) >= 11 is 0. The van der Waals surface area contributed by atoms with Crippen LogP contribution < -0.4 is 21.3 Å². The fraction of sp³-hybridized carbons (Fsp3) is 0.645. The number of alkyl carbamates (subject to hydrolysis) is 1. The van der Waals surface area contributed by atoms with Crippen molar-refractivity contribution in [1.29, 1.82) is 0 Å². The molecule has 0 unspecified atom stereocenters. The van der Waals surface area contributed by atoms with E-state index < -0.39 is 47.7 Å². The molecule has 4 amide bonds. The van der Waals surface area contributed by atoms with E-state index in [-0.39, 0.29) is 36.7 Å². The summed E-state index contributed by atoms with van der Waals surface area (Å²) in [5, 5.41) is 10.7. The minimum absolute atomic E-state index is 0.0295. The molecule has 3 atom stereocenters. The van der Waals surface area contributed by atoms with E-state index in [1.165, 1.54) is 0 Å². The summed E-state index contributed by atoms with van der Waals surface area (Å²) in [7, 11) is 0. The first-order valence-corrected chi connectivity index (χ1v) is 14.6. The van der Waals surface area contributed by atoms with Crippen LogP contribution in [0.25, 0.3) is 0 Å². The molecule has 0 aliphatic carbocycles. The van der Waals surface area contributed by atoms with Crippen LogP contribution in [0.4, 0.5) is 4.79 Å². The van der Waals surface area contributed by atoms with Gasteiger partial charge in [0.05, 0.1) is 6.04 Å². The Morgan fingerprint density at radius 3 is 1.59 bits per heavy atom. The van der Waals surface area contributed by atoms with Crippen LogP contribution in [0.1, 0.15) is 80.2 Å². The maximum Gasteiger partial charge on any atom is 0.408 e. The van der Waals surface area contributed by atoms with E-state index in [0.717, 1.165) is 5.56 Å². The maximum atomic E-state index is 13.4. The number of carbonyl (C=O) groups excluding carboxylic acids is 5. The number of amides is 4. The third kappa shape index (κ3) is 14.7. The van der Waals surface area contributed by atoms with Crippen LogP contribution in [0.2, 0.25) is 0 Å². The second-order valence-electron chi connectivity index (χ2n) is 12.2. The third-order valence-corrected chi connectivity index (χ3v) is 6.10. The fourth-order valence-corrected chi connectivity index (χ4v) is 4.10. The summed E-state index contributed by atoms with van der Waals surface area (Å²) in [6.45, 7) is 15.7. The second kappa shape index (κ2) is 18.1. The van der Waals surface area contributed by atoms with Gasteiger partial charge in [-0.1, -0.05) is 85.7 Å². The topological polar surface area (TPSA) is 143 Å². The zero-order valence-electron chi connectivity index (χ0n) is 25.9. The summed E-state index contributed by atoms with van der Waals surface area (Å²) in [4.78, 5) is 64.7. The first-order valence-electron chi connectivity index (χ1n) is 14.6. The van der Waals surface area contributed by atoms with Crippen molar-refractivity contribution in [2.75, 3.05) is 6.54 Å².